The second-order valence-corrected chi connectivity index (χ2v) is 6.02. The predicted octanol–water partition coefficient (Wildman–Crippen LogP) is 2.70. The number of anilines is 1. The van der Waals surface area contributed by atoms with Gasteiger partial charge in [-0.15, -0.1) is 0 Å². The average Bonchev–Trinajstić information content (AvgIpc) is 2.66. The van der Waals surface area contributed by atoms with Crippen molar-refractivity contribution in [3.63, 3.8) is 0 Å². The van der Waals surface area contributed by atoms with Gasteiger partial charge in [0.05, 0.1) is 0 Å². The van der Waals surface area contributed by atoms with E-state index in [1.54, 1.807) is 0 Å². The number of benzene rings is 1. The minimum Gasteiger partial charge on any atom is -0.368 e. The third kappa shape index (κ3) is 6.55. The van der Waals surface area contributed by atoms with Crippen molar-refractivity contribution >= 4 is 11.7 Å². The van der Waals surface area contributed by atoms with Crippen molar-refractivity contribution in [2.24, 2.45) is 0 Å². The lowest BCUT2D eigenvalue weighted by Crippen LogP contribution is -2.52. The van der Waals surface area contributed by atoms with Crippen molar-refractivity contribution in [3.05, 3.63) is 30.3 Å². The summed E-state index contributed by atoms with van der Waals surface area (Å²) in [5, 5.41) is 3.00. The summed E-state index contributed by atoms with van der Waals surface area (Å²) in [5.41, 5.74) is 1.22. The summed E-state index contributed by atoms with van der Waals surface area (Å²) in [6, 6.07) is 10.4. The van der Waals surface area contributed by atoms with Gasteiger partial charge in [0.2, 0.25) is 0 Å². The van der Waals surface area contributed by atoms with Crippen molar-refractivity contribution in [2.75, 3.05) is 50.8 Å². The number of amides is 2. The number of nitrogens with zero attached hydrogens (tertiary/aromatic N) is 2. The normalized spacial score (nSPS) is 14.8. The standard InChI is InChI=1S/C19H31N3O3/c1-3-24-18(25-4-2)11-8-12-20-19(23)22-15-13-21(14-16-22)17-9-6-5-7-10-17/h5-7,9-10,18H,3-4,8,11-16H2,1-2H3,(H,20,23). The first kappa shape index (κ1) is 19.5. The quantitative estimate of drug-likeness (QED) is 0.550. The minimum absolute atomic E-state index is 0.0251. The van der Waals surface area contributed by atoms with E-state index in [0.29, 0.717) is 19.8 Å². The molecule has 1 N–H and O–H groups in total. The SMILES string of the molecule is CCOC(CCCNC(=O)N1CCN(c2ccccc2)CC1)OCC. The van der Waals surface area contributed by atoms with Crippen molar-refractivity contribution in [3.8, 4) is 0 Å². The Balaban J connectivity index is 1.64. The molecule has 0 bridgehead atoms. The van der Waals surface area contributed by atoms with Gasteiger partial charge in [-0.25, -0.2) is 4.79 Å². The lowest BCUT2D eigenvalue weighted by atomic mass is 10.2. The second-order valence-electron chi connectivity index (χ2n) is 6.02. The molecule has 140 valence electrons. The van der Waals surface area contributed by atoms with Crippen LogP contribution in [0, 0.1) is 0 Å². The van der Waals surface area contributed by atoms with Crippen LogP contribution in [0.15, 0.2) is 30.3 Å². The van der Waals surface area contributed by atoms with Crippen LogP contribution in [-0.2, 0) is 9.47 Å². The zero-order valence-electron chi connectivity index (χ0n) is 15.4. The Morgan fingerprint density at radius 3 is 2.32 bits per heavy atom. The van der Waals surface area contributed by atoms with E-state index in [0.717, 1.165) is 39.0 Å². The molecular formula is C19H31N3O3. The van der Waals surface area contributed by atoms with E-state index >= 15 is 0 Å². The maximum atomic E-state index is 12.3. The van der Waals surface area contributed by atoms with E-state index in [1.165, 1.54) is 5.69 Å². The fourth-order valence-corrected chi connectivity index (χ4v) is 2.97. The highest BCUT2D eigenvalue weighted by atomic mass is 16.7. The number of carbonyl (C=O) groups is 1. The molecule has 0 radical (unpaired) electrons. The summed E-state index contributed by atoms with van der Waals surface area (Å²) in [7, 11) is 0. The molecule has 1 fully saturated rings. The highest BCUT2D eigenvalue weighted by Crippen LogP contribution is 2.15. The molecule has 25 heavy (non-hydrogen) atoms. The Morgan fingerprint density at radius 1 is 1.08 bits per heavy atom. The summed E-state index contributed by atoms with van der Waals surface area (Å²) < 4.78 is 11.0. The molecule has 0 aromatic heterocycles. The van der Waals surface area contributed by atoms with Gasteiger partial charge >= 0.3 is 6.03 Å². The smallest absolute Gasteiger partial charge is 0.317 e. The fourth-order valence-electron chi connectivity index (χ4n) is 2.97. The molecule has 1 aromatic carbocycles. The van der Waals surface area contributed by atoms with Gasteiger partial charge in [-0.2, -0.15) is 0 Å². The summed E-state index contributed by atoms with van der Waals surface area (Å²) in [5.74, 6) is 0. The van der Waals surface area contributed by atoms with Crippen LogP contribution in [0.25, 0.3) is 0 Å². The van der Waals surface area contributed by atoms with Crippen LogP contribution in [0.1, 0.15) is 26.7 Å². The topological polar surface area (TPSA) is 54.0 Å². The molecule has 1 aromatic rings. The maximum absolute atomic E-state index is 12.3. The van der Waals surface area contributed by atoms with Crippen LogP contribution in [0.2, 0.25) is 0 Å². The molecule has 6 nitrogen and oxygen atoms in total. The number of piperazine rings is 1. The zero-order valence-corrected chi connectivity index (χ0v) is 15.4. The van der Waals surface area contributed by atoms with Crippen LogP contribution in [-0.4, -0.2) is 63.2 Å². The molecule has 2 amide bonds. The van der Waals surface area contributed by atoms with Gasteiger partial charge in [0.15, 0.2) is 6.29 Å². The molecule has 0 aliphatic carbocycles. The van der Waals surface area contributed by atoms with Gasteiger partial charge in [-0.05, 0) is 32.4 Å². The second kappa shape index (κ2) is 10.9. The summed E-state index contributed by atoms with van der Waals surface area (Å²) in [6.45, 7) is 9.09. The largest absolute Gasteiger partial charge is 0.368 e. The number of rotatable bonds is 9. The molecule has 2 rings (SSSR count). The molecule has 0 atom stereocenters. The summed E-state index contributed by atoms with van der Waals surface area (Å²) in [4.78, 5) is 16.5. The van der Waals surface area contributed by atoms with E-state index in [2.05, 4.69) is 22.3 Å². The van der Waals surface area contributed by atoms with Crippen molar-refractivity contribution in [2.45, 2.75) is 33.0 Å². The number of para-hydroxylation sites is 1. The number of urea groups is 1. The van der Waals surface area contributed by atoms with Crippen molar-refractivity contribution < 1.29 is 14.3 Å². The molecule has 0 saturated carbocycles. The first-order valence-electron chi connectivity index (χ1n) is 9.30. The van der Waals surface area contributed by atoms with E-state index in [4.69, 9.17) is 9.47 Å². The zero-order chi connectivity index (χ0) is 17.9. The van der Waals surface area contributed by atoms with E-state index in [9.17, 15) is 4.79 Å². The molecular weight excluding hydrogens is 318 g/mol. The van der Waals surface area contributed by atoms with Gasteiger partial charge in [0.1, 0.15) is 0 Å². The number of hydrogen-bond acceptors (Lipinski definition) is 4. The third-order valence-electron chi connectivity index (χ3n) is 4.29. The Bertz CT molecular complexity index is 484. The highest BCUT2D eigenvalue weighted by molar-refractivity contribution is 5.74. The van der Waals surface area contributed by atoms with Gasteiger partial charge in [0.25, 0.3) is 0 Å². The monoisotopic (exact) mass is 349 g/mol. The first-order valence-corrected chi connectivity index (χ1v) is 9.30. The lowest BCUT2D eigenvalue weighted by molar-refractivity contribution is -0.139. The molecule has 1 aliphatic rings. The van der Waals surface area contributed by atoms with Crippen molar-refractivity contribution in [1.82, 2.24) is 10.2 Å². The van der Waals surface area contributed by atoms with Crippen LogP contribution < -0.4 is 10.2 Å². The van der Waals surface area contributed by atoms with E-state index < -0.39 is 0 Å². The third-order valence-corrected chi connectivity index (χ3v) is 4.29. The van der Waals surface area contributed by atoms with E-state index in [-0.39, 0.29) is 12.3 Å². The molecule has 0 spiro atoms. The Hall–Kier alpha value is -1.79. The number of nitrogens with one attached hydrogen (secondary N) is 1. The fraction of sp³-hybridized carbons (Fsp3) is 0.632. The first-order chi connectivity index (χ1) is 12.2. The van der Waals surface area contributed by atoms with Gasteiger partial charge in [-0.1, -0.05) is 18.2 Å². The summed E-state index contributed by atoms with van der Waals surface area (Å²) in [6.07, 6.45) is 1.48. The van der Waals surface area contributed by atoms with Gasteiger partial charge in [-0.3, -0.25) is 0 Å². The van der Waals surface area contributed by atoms with Crippen LogP contribution in [0.5, 0.6) is 0 Å². The van der Waals surface area contributed by atoms with Crippen LogP contribution >= 0.6 is 0 Å². The highest BCUT2D eigenvalue weighted by Gasteiger charge is 2.20. The molecule has 1 heterocycles. The molecule has 6 heteroatoms. The van der Waals surface area contributed by atoms with Gasteiger partial charge < -0.3 is 24.6 Å². The Kier molecular flexibility index (Phi) is 8.55. The van der Waals surface area contributed by atoms with Gasteiger partial charge in [0, 0.05) is 58.0 Å². The van der Waals surface area contributed by atoms with Crippen molar-refractivity contribution in [1.29, 1.82) is 0 Å². The molecule has 1 saturated heterocycles. The lowest BCUT2D eigenvalue weighted by Gasteiger charge is -2.36. The number of carbonyl (C=O) groups excluding carboxylic acids is 1. The Morgan fingerprint density at radius 2 is 1.72 bits per heavy atom. The van der Waals surface area contributed by atoms with Crippen LogP contribution in [0.3, 0.4) is 0 Å². The predicted molar refractivity (Wildman–Crippen MR) is 99.9 cm³/mol. The van der Waals surface area contributed by atoms with E-state index in [1.807, 2.05) is 36.9 Å². The average molecular weight is 349 g/mol. The minimum atomic E-state index is -0.165. The number of hydrogen-bond donors (Lipinski definition) is 1. The maximum Gasteiger partial charge on any atom is 0.317 e. The van der Waals surface area contributed by atoms with Crippen LogP contribution in [0.4, 0.5) is 10.5 Å². The summed E-state index contributed by atoms with van der Waals surface area (Å²) >= 11 is 0. The number of ether oxygens (including phenoxy) is 2. The molecule has 1 aliphatic heterocycles. The Labute approximate surface area is 151 Å². The molecule has 0 unspecified atom stereocenters.